The van der Waals surface area contributed by atoms with E-state index < -0.39 is 11.2 Å². The van der Waals surface area contributed by atoms with E-state index in [1.807, 2.05) is 26.0 Å². The number of methoxy groups -OCH3 is 1. The number of rotatable bonds is 2. The summed E-state index contributed by atoms with van der Waals surface area (Å²) in [6.45, 7) is 4.14. The summed E-state index contributed by atoms with van der Waals surface area (Å²) in [5.74, 6) is 0.223. The van der Waals surface area contributed by atoms with E-state index in [1.54, 1.807) is 4.57 Å². The summed E-state index contributed by atoms with van der Waals surface area (Å²) < 4.78 is 6.86. The molecule has 2 aliphatic heterocycles. The zero-order chi connectivity index (χ0) is 15.1. The van der Waals surface area contributed by atoms with Gasteiger partial charge in [-0.05, 0) is 37.1 Å². The van der Waals surface area contributed by atoms with E-state index in [2.05, 4.69) is 15.0 Å². The van der Waals surface area contributed by atoms with Gasteiger partial charge >= 0.3 is 5.69 Å². The summed E-state index contributed by atoms with van der Waals surface area (Å²) in [5, 5.41) is 0. The summed E-state index contributed by atoms with van der Waals surface area (Å²) in [6.07, 6.45) is 0. The van der Waals surface area contributed by atoms with Crippen LogP contribution in [-0.2, 0) is 11.5 Å². The number of aromatic amines is 1. The third kappa shape index (κ3) is 2.11. The predicted octanol–water partition coefficient (Wildman–Crippen LogP) is 0.805. The Hall–Kier alpha value is -2.54. The number of nitrogens with one attached hydrogen (secondary N) is 1. The van der Waals surface area contributed by atoms with Crippen LogP contribution in [0.2, 0.25) is 0 Å². The zero-order valence-corrected chi connectivity index (χ0v) is 11.9. The van der Waals surface area contributed by atoms with E-state index in [0.717, 1.165) is 16.6 Å². The second-order valence-electron chi connectivity index (χ2n) is 4.93. The third-order valence-corrected chi connectivity index (χ3v) is 3.48. The molecule has 0 aromatic heterocycles. The van der Waals surface area contributed by atoms with Gasteiger partial charge in [-0.2, -0.15) is 4.98 Å². The minimum Gasteiger partial charge on any atom is -0.364 e. The summed E-state index contributed by atoms with van der Waals surface area (Å²) in [6, 6.07) is 3.85. The van der Waals surface area contributed by atoms with E-state index in [0.29, 0.717) is 5.52 Å². The van der Waals surface area contributed by atoms with Crippen molar-refractivity contribution >= 4 is 11.0 Å². The van der Waals surface area contributed by atoms with Gasteiger partial charge < -0.3 is 4.74 Å². The van der Waals surface area contributed by atoms with Gasteiger partial charge in [-0.15, -0.1) is 0 Å². The molecule has 0 radical (unpaired) electrons. The SMILES string of the molecule is COCn1c2nc(=O)[nH]c(=O)c-2nc2cc(C)c(C)cc21. The number of benzene rings is 1. The Kier molecular flexibility index (Phi) is 3.06. The number of hydrogen-bond donors (Lipinski definition) is 1. The molecule has 7 heteroatoms. The first-order valence-electron chi connectivity index (χ1n) is 6.42. The molecule has 21 heavy (non-hydrogen) atoms. The Morgan fingerprint density at radius 3 is 2.62 bits per heavy atom. The minimum atomic E-state index is -0.692. The highest BCUT2D eigenvalue weighted by Gasteiger charge is 2.18. The van der Waals surface area contributed by atoms with Crippen molar-refractivity contribution < 1.29 is 4.74 Å². The molecule has 2 heterocycles. The molecule has 1 aromatic carbocycles. The maximum absolute atomic E-state index is 11.9. The first-order valence-corrected chi connectivity index (χ1v) is 6.42. The van der Waals surface area contributed by atoms with Crippen molar-refractivity contribution in [2.24, 2.45) is 0 Å². The van der Waals surface area contributed by atoms with Gasteiger partial charge in [0.25, 0.3) is 5.56 Å². The first-order chi connectivity index (χ1) is 10.0. The van der Waals surface area contributed by atoms with Crippen molar-refractivity contribution in [3.8, 4) is 11.5 Å². The monoisotopic (exact) mass is 286 g/mol. The van der Waals surface area contributed by atoms with Gasteiger partial charge in [0.1, 0.15) is 6.73 Å². The number of fused-ring (bicyclic) bond motifs is 2. The Balaban J connectivity index is 2.55. The van der Waals surface area contributed by atoms with Crippen LogP contribution in [0, 0.1) is 13.8 Å². The molecular formula is C14H14N4O3. The van der Waals surface area contributed by atoms with Crippen molar-refractivity contribution in [2.75, 3.05) is 7.11 Å². The molecule has 108 valence electrons. The highest BCUT2D eigenvalue weighted by atomic mass is 16.5. The van der Waals surface area contributed by atoms with Gasteiger partial charge in [-0.3, -0.25) is 14.3 Å². The number of ether oxygens (including phenoxy) is 1. The van der Waals surface area contributed by atoms with E-state index in [1.165, 1.54) is 7.11 Å². The number of aryl methyl sites for hydroxylation is 2. The first kappa shape index (κ1) is 13.4. The lowest BCUT2D eigenvalue weighted by atomic mass is 10.1. The lowest BCUT2D eigenvalue weighted by Crippen LogP contribution is -2.29. The van der Waals surface area contributed by atoms with Gasteiger partial charge in [0.05, 0.1) is 11.0 Å². The Labute approximate surface area is 119 Å². The van der Waals surface area contributed by atoms with Gasteiger partial charge in [0, 0.05) is 7.11 Å². The van der Waals surface area contributed by atoms with Crippen LogP contribution in [0.3, 0.4) is 0 Å². The van der Waals surface area contributed by atoms with Crippen molar-refractivity contribution in [3.05, 3.63) is 44.1 Å². The summed E-state index contributed by atoms with van der Waals surface area (Å²) in [5.41, 5.74) is 2.47. The molecule has 0 amide bonds. The average molecular weight is 286 g/mol. The lowest BCUT2D eigenvalue weighted by molar-refractivity contribution is 0.134. The summed E-state index contributed by atoms with van der Waals surface area (Å²) >= 11 is 0. The van der Waals surface area contributed by atoms with Crippen molar-refractivity contribution in [1.82, 2.24) is 19.5 Å². The number of H-pyrrole nitrogens is 1. The molecule has 7 nitrogen and oxygen atoms in total. The smallest absolute Gasteiger partial charge is 0.349 e. The highest BCUT2D eigenvalue weighted by molar-refractivity contribution is 5.80. The summed E-state index contributed by atoms with van der Waals surface area (Å²) in [7, 11) is 1.54. The highest BCUT2D eigenvalue weighted by Crippen LogP contribution is 2.23. The molecule has 0 fully saturated rings. The van der Waals surface area contributed by atoms with Gasteiger partial charge in [-0.1, -0.05) is 0 Å². The van der Waals surface area contributed by atoms with Crippen molar-refractivity contribution in [1.29, 1.82) is 0 Å². The van der Waals surface area contributed by atoms with E-state index in [4.69, 9.17) is 4.74 Å². The Morgan fingerprint density at radius 1 is 1.19 bits per heavy atom. The van der Waals surface area contributed by atoms with Crippen LogP contribution in [0.1, 0.15) is 11.1 Å². The molecule has 0 saturated carbocycles. The second kappa shape index (κ2) is 4.78. The quantitative estimate of drug-likeness (QED) is 0.704. The standard InChI is InChI=1S/C14H14N4O3/c1-7-4-9-10(5-8(7)2)18(6-21-3)12-11(15-9)13(19)17-14(20)16-12/h4-5H,6H2,1-3H3,(H,17,19,20). The number of aromatic nitrogens is 4. The molecule has 0 atom stereocenters. The molecule has 0 spiro atoms. The summed E-state index contributed by atoms with van der Waals surface area (Å²) in [4.78, 5) is 33.8. The maximum atomic E-state index is 11.9. The van der Waals surface area contributed by atoms with E-state index >= 15 is 0 Å². The molecule has 0 saturated heterocycles. The molecule has 2 aliphatic rings. The fraction of sp³-hybridized carbons (Fsp3) is 0.286. The molecule has 3 rings (SSSR count). The largest absolute Gasteiger partial charge is 0.364 e. The molecule has 1 N–H and O–H groups in total. The van der Waals surface area contributed by atoms with Gasteiger partial charge in [-0.25, -0.2) is 9.78 Å². The second-order valence-corrected chi connectivity index (χ2v) is 4.93. The van der Waals surface area contributed by atoms with Gasteiger partial charge in [0.2, 0.25) is 0 Å². The predicted molar refractivity (Wildman–Crippen MR) is 77.5 cm³/mol. The normalized spacial score (nSPS) is 11.4. The minimum absolute atomic E-state index is 0.127. The number of nitrogens with zero attached hydrogens (tertiary/aromatic N) is 3. The third-order valence-electron chi connectivity index (χ3n) is 3.48. The zero-order valence-electron chi connectivity index (χ0n) is 11.9. The molecule has 0 bridgehead atoms. The van der Waals surface area contributed by atoms with E-state index in [-0.39, 0.29) is 18.2 Å². The Bertz CT molecular complexity index is 926. The Morgan fingerprint density at radius 2 is 1.90 bits per heavy atom. The van der Waals surface area contributed by atoms with Crippen LogP contribution < -0.4 is 11.2 Å². The average Bonchev–Trinajstić information content (AvgIpc) is 2.42. The maximum Gasteiger partial charge on any atom is 0.349 e. The topological polar surface area (TPSA) is 89.9 Å². The molecule has 1 aromatic rings. The molecular weight excluding hydrogens is 272 g/mol. The fourth-order valence-electron chi connectivity index (χ4n) is 2.31. The van der Waals surface area contributed by atoms with Crippen LogP contribution in [0.25, 0.3) is 22.6 Å². The van der Waals surface area contributed by atoms with Crippen molar-refractivity contribution in [3.63, 3.8) is 0 Å². The van der Waals surface area contributed by atoms with E-state index in [9.17, 15) is 9.59 Å². The van der Waals surface area contributed by atoms with Crippen LogP contribution in [0.15, 0.2) is 21.7 Å². The van der Waals surface area contributed by atoms with Crippen LogP contribution in [0.5, 0.6) is 0 Å². The fourth-order valence-corrected chi connectivity index (χ4v) is 2.31. The lowest BCUT2D eigenvalue weighted by Gasteiger charge is -2.16. The number of hydrogen-bond acceptors (Lipinski definition) is 5. The van der Waals surface area contributed by atoms with Crippen molar-refractivity contribution in [2.45, 2.75) is 20.6 Å². The van der Waals surface area contributed by atoms with Crippen LogP contribution in [-0.4, -0.2) is 26.6 Å². The van der Waals surface area contributed by atoms with Gasteiger partial charge in [0.15, 0.2) is 11.5 Å². The van der Waals surface area contributed by atoms with Crippen LogP contribution >= 0.6 is 0 Å². The molecule has 0 unspecified atom stereocenters. The van der Waals surface area contributed by atoms with Crippen LogP contribution in [0.4, 0.5) is 0 Å². The molecule has 0 aliphatic carbocycles.